The number of ether oxygens (including phenoxy) is 2. The van der Waals surface area contributed by atoms with Gasteiger partial charge in [0.15, 0.2) is 12.4 Å². The van der Waals surface area contributed by atoms with Gasteiger partial charge in [0.25, 0.3) is 0 Å². The zero-order valence-corrected chi connectivity index (χ0v) is 11.6. The molecule has 0 saturated heterocycles. The molecule has 0 aliphatic rings. The summed E-state index contributed by atoms with van der Waals surface area (Å²) in [6.07, 6.45) is 0. The first kappa shape index (κ1) is 13.9. The largest absolute Gasteiger partial charge is 0.497 e. The molecule has 0 atom stereocenters. The van der Waals surface area contributed by atoms with E-state index in [1.165, 1.54) is 0 Å². The highest BCUT2D eigenvalue weighted by Gasteiger charge is 2.10. The Bertz CT molecular complexity index is 623. The number of hydrogen-bond donors (Lipinski definition) is 1. The van der Waals surface area contributed by atoms with Crippen LogP contribution in [0.25, 0.3) is 0 Å². The molecule has 0 aromatic heterocycles. The predicted octanol–water partition coefficient (Wildman–Crippen LogP) is 2.85. The number of hydrogen-bond acceptors (Lipinski definition) is 4. The van der Waals surface area contributed by atoms with Crippen LogP contribution in [-0.4, -0.2) is 19.5 Å². The van der Waals surface area contributed by atoms with Crippen molar-refractivity contribution in [3.8, 4) is 11.5 Å². The van der Waals surface area contributed by atoms with E-state index in [2.05, 4.69) is 0 Å². The van der Waals surface area contributed by atoms with E-state index >= 15 is 0 Å². The topological polar surface area (TPSA) is 61.5 Å². The molecule has 2 aromatic rings. The van der Waals surface area contributed by atoms with Gasteiger partial charge >= 0.3 is 0 Å². The summed E-state index contributed by atoms with van der Waals surface area (Å²) >= 11 is 0. The molecule has 4 heteroatoms. The van der Waals surface area contributed by atoms with Crippen molar-refractivity contribution < 1.29 is 14.3 Å². The number of rotatable bonds is 5. The van der Waals surface area contributed by atoms with E-state index < -0.39 is 0 Å². The number of nitrogen functional groups attached to an aromatic ring is 1. The van der Waals surface area contributed by atoms with Crippen molar-refractivity contribution in [2.24, 2.45) is 0 Å². The maximum Gasteiger partial charge on any atom is 0.200 e. The average Bonchev–Trinajstić information content (AvgIpc) is 2.44. The molecule has 4 nitrogen and oxygen atoms in total. The third kappa shape index (κ3) is 3.29. The van der Waals surface area contributed by atoms with E-state index in [1.807, 2.05) is 13.0 Å². The van der Waals surface area contributed by atoms with E-state index in [4.69, 9.17) is 15.2 Å². The number of carbonyl (C=O) groups is 1. The Morgan fingerprint density at radius 3 is 2.60 bits per heavy atom. The van der Waals surface area contributed by atoms with E-state index in [1.54, 1.807) is 43.5 Å². The molecular weight excluding hydrogens is 254 g/mol. The smallest absolute Gasteiger partial charge is 0.200 e. The predicted molar refractivity (Wildman–Crippen MR) is 78.4 cm³/mol. The number of anilines is 1. The van der Waals surface area contributed by atoms with Gasteiger partial charge in [-0.1, -0.05) is 6.07 Å². The number of methoxy groups -OCH3 is 1. The van der Waals surface area contributed by atoms with Crippen LogP contribution in [0.2, 0.25) is 0 Å². The Morgan fingerprint density at radius 1 is 1.15 bits per heavy atom. The van der Waals surface area contributed by atoms with Gasteiger partial charge < -0.3 is 15.2 Å². The number of carbonyl (C=O) groups excluding carboxylic acids is 1. The molecule has 0 unspecified atom stereocenters. The van der Waals surface area contributed by atoms with E-state index in [0.29, 0.717) is 17.0 Å². The summed E-state index contributed by atoms with van der Waals surface area (Å²) in [6, 6.07) is 12.3. The average molecular weight is 271 g/mol. The van der Waals surface area contributed by atoms with Crippen LogP contribution in [0.3, 0.4) is 0 Å². The van der Waals surface area contributed by atoms with Crippen LogP contribution in [0.1, 0.15) is 15.9 Å². The van der Waals surface area contributed by atoms with E-state index in [0.717, 1.165) is 11.3 Å². The van der Waals surface area contributed by atoms with Crippen LogP contribution in [0.15, 0.2) is 42.5 Å². The minimum absolute atomic E-state index is 0.0172. The first-order valence-corrected chi connectivity index (χ1v) is 6.26. The molecule has 0 aliphatic heterocycles. The monoisotopic (exact) mass is 271 g/mol. The highest BCUT2D eigenvalue weighted by Crippen LogP contribution is 2.18. The Balaban J connectivity index is 2.05. The number of Topliss-reactive ketones (excluding diaryl/α,β-unsaturated/α-hetero) is 1. The lowest BCUT2D eigenvalue weighted by molar-refractivity contribution is 0.0921. The summed E-state index contributed by atoms with van der Waals surface area (Å²) in [5, 5.41) is 0. The second-order valence-electron chi connectivity index (χ2n) is 4.47. The molecule has 2 aromatic carbocycles. The second kappa shape index (κ2) is 6.10. The molecule has 0 saturated carbocycles. The first-order chi connectivity index (χ1) is 9.60. The molecule has 0 radical (unpaired) electrons. The van der Waals surface area contributed by atoms with Gasteiger partial charge in [0, 0.05) is 17.3 Å². The summed E-state index contributed by atoms with van der Waals surface area (Å²) < 4.78 is 10.6. The molecule has 0 heterocycles. The van der Waals surface area contributed by atoms with Crippen LogP contribution in [0, 0.1) is 6.92 Å². The Morgan fingerprint density at radius 2 is 1.95 bits per heavy atom. The van der Waals surface area contributed by atoms with Gasteiger partial charge in [-0.05, 0) is 42.8 Å². The fourth-order valence-corrected chi connectivity index (χ4v) is 1.91. The molecule has 2 rings (SSSR count). The van der Waals surface area contributed by atoms with Gasteiger partial charge in [-0.15, -0.1) is 0 Å². The summed E-state index contributed by atoms with van der Waals surface area (Å²) in [5.41, 5.74) is 7.76. The van der Waals surface area contributed by atoms with Gasteiger partial charge in [-0.2, -0.15) is 0 Å². The Kier molecular flexibility index (Phi) is 4.25. The van der Waals surface area contributed by atoms with Crippen molar-refractivity contribution in [1.29, 1.82) is 0 Å². The highest BCUT2D eigenvalue weighted by atomic mass is 16.5. The lowest BCUT2D eigenvalue weighted by Crippen LogP contribution is -2.13. The number of ketones is 1. The zero-order chi connectivity index (χ0) is 14.5. The quantitative estimate of drug-likeness (QED) is 0.671. The molecule has 0 amide bonds. The maximum atomic E-state index is 12.1. The van der Waals surface area contributed by atoms with Crippen LogP contribution < -0.4 is 15.2 Å². The molecule has 0 fully saturated rings. The van der Waals surface area contributed by atoms with Crippen LogP contribution >= 0.6 is 0 Å². The fourth-order valence-electron chi connectivity index (χ4n) is 1.91. The molecule has 2 N–H and O–H groups in total. The van der Waals surface area contributed by atoms with Gasteiger partial charge in [-0.25, -0.2) is 0 Å². The van der Waals surface area contributed by atoms with E-state index in [-0.39, 0.29) is 12.4 Å². The van der Waals surface area contributed by atoms with Crippen molar-refractivity contribution in [2.75, 3.05) is 19.5 Å². The standard InChI is InChI=1S/C16H17NO3/c1-11-8-13(19-2)6-7-15(11)16(18)10-20-14-5-3-4-12(17)9-14/h3-9H,10,17H2,1-2H3. The molecule has 0 bridgehead atoms. The molecule has 20 heavy (non-hydrogen) atoms. The number of aryl methyl sites for hydroxylation is 1. The third-order valence-electron chi connectivity index (χ3n) is 2.96. The molecule has 0 spiro atoms. The van der Waals surface area contributed by atoms with E-state index in [9.17, 15) is 4.79 Å². The summed E-state index contributed by atoms with van der Waals surface area (Å²) in [5.74, 6) is 1.24. The number of benzene rings is 2. The van der Waals surface area contributed by atoms with Crippen molar-refractivity contribution in [1.82, 2.24) is 0 Å². The minimum atomic E-state index is -0.0763. The SMILES string of the molecule is COc1ccc(C(=O)COc2cccc(N)c2)c(C)c1. The Labute approximate surface area is 118 Å². The summed E-state index contributed by atoms with van der Waals surface area (Å²) in [7, 11) is 1.60. The normalized spacial score (nSPS) is 10.1. The van der Waals surface area contributed by atoms with Crippen molar-refractivity contribution in [3.63, 3.8) is 0 Å². The summed E-state index contributed by atoms with van der Waals surface area (Å²) in [4.78, 5) is 12.1. The summed E-state index contributed by atoms with van der Waals surface area (Å²) in [6.45, 7) is 1.85. The highest BCUT2D eigenvalue weighted by molar-refractivity contribution is 5.98. The first-order valence-electron chi connectivity index (χ1n) is 6.26. The molecular formula is C16H17NO3. The van der Waals surface area contributed by atoms with Gasteiger partial charge in [0.05, 0.1) is 7.11 Å². The fraction of sp³-hybridized carbons (Fsp3) is 0.188. The maximum absolute atomic E-state index is 12.1. The molecule has 104 valence electrons. The molecule has 0 aliphatic carbocycles. The van der Waals surface area contributed by atoms with Gasteiger partial charge in [0.1, 0.15) is 11.5 Å². The third-order valence-corrected chi connectivity index (χ3v) is 2.96. The van der Waals surface area contributed by atoms with Gasteiger partial charge in [-0.3, -0.25) is 4.79 Å². The zero-order valence-electron chi connectivity index (χ0n) is 11.6. The van der Waals surface area contributed by atoms with Crippen molar-refractivity contribution in [2.45, 2.75) is 6.92 Å². The minimum Gasteiger partial charge on any atom is -0.497 e. The lowest BCUT2D eigenvalue weighted by Gasteiger charge is -2.09. The van der Waals surface area contributed by atoms with Crippen LogP contribution in [-0.2, 0) is 0 Å². The van der Waals surface area contributed by atoms with Gasteiger partial charge in [0.2, 0.25) is 0 Å². The Hall–Kier alpha value is -2.49. The second-order valence-corrected chi connectivity index (χ2v) is 4.47. The lowest BCUT2D eigenvalue weighted by atomic mass is 10.0. The van der Waals surface area contributed by atoms with Crippen molar-refractivity contribution >= 4 is 11.5 Å². The van der Waals surface area contributed by atoms with Crippen LogP contribution in [0.4, 0.5) is 5.69 Å². The number of nitrogens with two attached hydrogens (primary N) is 1. The van der Waals surface area contributed by atoms with Crippen LogP contribution in [0.5, 0.6) is 11.5 Å². The van der Waals surface area contributed by atoms with Crippen molar-refractivity contribution in [3.05, 3.63) is 53.6 Å².